The van der Waals surface area contributed by atoms with Gasteiger partial charge in [0.15, 0.2) is 0 Å². The van der Waals surface area contributed by atoms with Crippen LogP contribution in [-0.4, -0.2) is 50.2 Å². The number of morpholine rings is 1. The van der Waals surface area contributed by atoms with Crippen molar-refractivity contribution in [2.24, 2.45) is 5.92 Å². The molecule has 0 aromatic heterocycles. The molecule has 0 aromatic rings. The number of carbonyl (C=O) groups is 1. The van der Waals surface area contributed by atoms with E-state index in [1.165, 1.54) is 0 Å². The SMILES string of the molecule is CC.CC(C)C(=O)NCCN1CCOCC1. The second kappa shape index (κ2) is 9.60. The van der Waals surface area contributed by atoms with Gasteiger partial charge in [0.1, 0.15) is 0 Å². The minimum absolute atomic E-state index is 0.0830. The summed E-state index contributed by atoms with van der Waals surface area (Å²) in [7, 11) is 0. The minimum atomic E-state index is 0.0830. The summed E-state index contributed by atoms with van der Waals surface area (Å²) in [6, 6.07) is 0. The largest absolute Gasteiger partial charge is 0.379 e. The van der Waals surface area contributed by atoms with E-state index in [0.717, 1.165) is 39.4 Å². The highest BCUT2D eigenvalue weighted by molar-refractivity contribution is 5.77. The molecule has 0 radical (unpaired) electrons. The molecular weight excluding hydrogens is 204 g/mol. The number of nitrogens with zero attached hydrogens (tertiary/aromatic N) is 1. The Hall–Kier alpha value is -0.610. The second-order valence-corrected chi connectivity index (χ2v) is 3.90. The minimum Gasteiger partial charge on any atom is -0.379 e. The maximum absolute atomic E-state index is 11.2. The Morgan fingerprint density at radius 3 is 2.38 bits per heavy atom. The first-order chi connectivity index (χ1) is 7.70. The number of hydrogen-bond acceptors (Lipinski definition) is 3. The molecule has 0 unspecified atom stereocenters. The molecule has 0 aliphatic carbocycles. The van der Waals surface area contributed by atoms with Gasteiger partial charge in [-0.3, -0.25) is 9.69 Å². The van der Waals surface area contributed by atoms with Crippen LogP contribution >= 0.6 is 0 Å². The van der Waals surface area contributed by atoms with Crippen LogP contribution in [0.4, 0.5) is 0 Å². The first-order valence-corrected chi connectivity index (χ1v) is 6.28. The highest BCUT2D eigenvalue weighted by atomic mass is 16.5. The zero-order chi connectivity index (χ0) is 12.4. The number of rotatable bonds is 4. The molecule has 1 rings (SSSR count). The number of hydrogen-bond donors (Lipinski definition) is 1. The van der Waals surface area contributed by atoms with Gasteiger partial charge in [0.2, 0.25) is 5.91 Å². The van der Waals surface area contributed by atoms with Crippen molar-refractivity contribution < 1.29 is 9.53 Å². The van der Waals surface area contributed by atoms with Crippen LogP contribution in [0.2, 0.25) is 0 Å². The summed E-state index contributed by atoms with van der Waals surface area (Å²) in [5.74, 6) is 0.220. The summed E-state index contributed by atoms with van der Waals surface area (Å²) in [5.41, 5.74) is 0. The summed E-state index contributed by atoms with van der Waals surface area (Å²) in [5, 5.41) is 2.91. The van der Waals surface area contributed by atoms with Crippen LogP contribution in [0.1, 0.15) is 27.7 Å². The van der Waals surface area contributed by atoms with Crippen LogP contribution in [0, 0.1) is 5.92 Å². The average Bonchev–Trinajstić information content (AvgIpc) is 2.33. The maximum Gasteiger partial charge on any atom is 0.222 e. The van der Waals surface area contributed by atoms with E-state index in [0.29, 0.717) is 0 Å². The van der Waals surface area contributed by atoms with Crippen LogP contribution in [0.25, 0.3) is 0 Å². The molecule has 96 valence electrons. The summed E-state index contributed by atoms with van der Waals surface area (Å²) < 4.78 is 5.24. The van der Waals surface area contributed by atoms with Crippen LogP contribution < -0.4 is 5.32 Å². The molecular formula is C12H26N2O2. The fraction of sp³-hybridized carbons (Fsp3) is 0.917. The smallest absolute Gasteiger partial charge is 0.222 e. The lowest BCUT2D eigenvalue weighted by atomic mass is 10.2. The number of ether oxygens (including phenoxy) is 1. The molecule has 0 bridgehead atoms. The van der Waals surface area contributed by atoms with E-state index in [4.69, 9.17) is 4.74 Å². The highest BCUT2D eigenvalue weighted by Crippen LogP contribution is 1.95. The molecule has 1 N–H and O–H groups in total. The van der Waals surface area contributed by atoms with Gasteiger partial charge < -0.3 is 10.1 Å². The molecule has 1 aliphatic rings. The van der Waals surface area contributed by atoms with Gasteiger partial charge >= 0.3 is 0 Å². The molecule has 4 heteroatoms. The van der Waals surface area contributed by atoms with E-state index < -0.39 is 0 Å². The molecule has 1 heterocycles. The molecule has 0 atom stereocenters. The molecule has 1 fully saturated rings. The Labute approximate surface area is 99.3 Å². The fourth-order valence-electron chi connectivity index (χ4n) is 1.37. The predicted octanol–water partition coefficient (Wildman–Crippen LogP) is 1.12. The van der Waals surface area contributed by atoms with Gasteiger partial charge in [0, 0.05) is 32.1 Å². The van der Waals surface area contributed by atoms with E-state index >= 15 is 0 Å². The second-order valence-electron chi connectivity index (χ2n) is 3.90. The maximum atomic E-state index is 11.2. The van der Waals surface area contributed by atoms with E-state index in [1.807, 2.05) is 27.7 Å². The normalized spacial score (nSPS) is 16.6. The molecule has 1 aliphatic heterocycles. The Kier molecular flexibility index (Phi) is 9.24. The average molecular weight is 230 g/mol. The Morgan fingerprint density at radius 1 is 1.31 bits per heavy atom. The van der Waals surface area contributed by atoms with Crippen molar-refractivity contribution in [3.63, 3.8) is 0 Å². The fourth-order valence-corrected chi connectivity index (χ4v) is 1.37. The highest BCUT2D eigenvalue weighted by Gasteiger charge is 2.10. The lowest BCUT2D eigenvalue weighted by Gasteiger charge is -2.26. The molecule has 1 amide bonds. The topological polar surface area (TPSA) is 41.6 Å². The molecule has 1 saturated heterocycles. The Morgan fingerprint density at radius 2 is 1.88 bits per heavy atom. The third-order valence-electron chi connectivity index (χ3n) is 2.36. The van der Waals surface area contributed by atoms with Gasteiger partial charge in [-0.25, -0.2) is 0 Å². The zero-order valence-corrected chi connectivity index (χ0v) is 11.1. The van der Waals surface area contributed by atoms with Crippen LogP contribution in [0.15, 0.2) is 0 Å². The van der Waals surface area contributed by atoms with Crippen molar-refractivity contribution in [1.82, 2.24) is 10.2 Å². The van der Waals surface area contributed by atoms with E-state index in [2.05, 4.69) is 10.2 Å². The molecule has 0 saturated carbocycles. The predicted molar refractivity (Wildman–Crippen MR) is 66.5 cm³/mol. The summed E-state index contributed by atoms with van der Waals surface area (Å²) >= 11 is 0. The summed E-state index contributed by atoms with van der Waals surface area (Å²) in [6.45, 7) is 13.1. The van der Waals surface area contributed by atoms with Gasteiger partial charge in [-0.15, -0.1) is 0 Å². The van der Waals surface area contributed by atoms with Gasteiger partial charge in [-0.05, 0) is 0 Å². The van der Waals surface area contributed by atoms with Gasteiger partial charge in [0.05, 0.1) is 13.2 Å². The van der Waals surface area contributed by atoms with Crippen molar-refractivity contribution in [2.45, 2.75) is 27.7 Å². The number of amides is 1. The van der Waals surface area contributed by atoms with Crippen molar-refractivity contribution >= 4 is 5.91 Å². The number of carbonyl (C=O) groups excluding carboxylic acids is 1. The quantitative estimate of drug-likeness (QED) is 0.787. The number of nitrogens with one attached hydrogen (secondary N) is 1. The van der Waals surface area contributed by atoms with E-state index in [9.17, 15) is 4.79 Å². The van der Waals surface area contributed by atoms with Crippen LogP contribution in [0.3, 0.4) is 0 Å². The van der Waals surface area contributed by atoms with Crippen molar-refractivity contribution in [1.29, 1.82) is 0 Å². The monoisotopic (exact) mass is 230 g/mol. The molecule has 16 heavy (non-hydrogen) atoms. The molecule has 0 spiro atoms. The van der Waals surface area contributed by atoms with Gasteiger partial charge in [-0.2, -0.15) is 0 Å². The third kappa shape index (κ3) is 6.80. The van der Waals surface area contributed by atoms with Gasteiger partial charge in [0.25, 0.3) is 0 Å². The van der Waals surface area contributed by atoms with Gasteiger partial charge in [-0.1, -0.05) is 27.7 Å². The summed E-state index contributed by atoms with van der Waals surface area (Å²) in [4.78, 5) is 13.5. The van der Waals surface area contributed by atoms with Crippen molar-refractivity contribution in [3.05, 3.63) is 0 Å². The summed E-state index contributed by atoms with van der Waals surface area (Å²) in [6.07, 6.45) is 0. The van der Waals surface area contributed by atoms with Crippen LogP contribution in [0.5, 0.6) is 0 Å². The molecule has 4 nitrogen and oxygen atoms in total. The van der Waals surface area contributed by atoms with Crippen molar-refractivity contribution in [3.8, 4) is 0 Å². The lowest BCUT2D eigenvalue weighted by molar-refractivity contribution is -0.124. The van der Waals surface area contributed by atoms with Crippen LogP contribution in [-0.2, 0) is 9.53 Å². The lowest BCUT2D eigenvalue weighted by Crippen LogP contribution is -2.42. The Balaban J connectivity index is 0.00000106. The van der Waals surface area contributed by atoms with E-state index in [1.54, 1.807) is 0 Å². The first-order valence-electron chi connectivity index (χ1n) is 6.28. The zero-order valence-electron chi connectivity index (χ0n) is 11.1. The van der Waals surface area contributed by atoms with E-state index in [-0.39, 0.29) is 11.8 Å². The first kappa shape index (κ1) is 15.4. The Bertz CT molecular complexity index is 178. The molecule has 0 aromatic carbocycles. The standard InChI is InChI=1S/C10H20N2O2.C2H6/c1-9(2)10(13)11-3-4-12-5-7-14-8-6-12;1-2/h9H,3-8H2,1-2H3,(H,11,13);1-2H3. The third-order valence-corrected chi connectivity index (χ3v) is 2.36. The van der Waals surface area contributed by atoms with Crippen molar-refractivity contribution in [2.75, 3.05) is 39.4 Å².